The zero-order valence-electron chi connectivity index (χ0n) is 12.2. The molecule has 5 nitrogen and oxygen atoms in total. The number of carbonyl (C=O) groups is 1. The maximum absolute atomic E-state index is 13.0. The van der Waals surface area contributed by atoms with E-state index in [9.17, 15) is 22.0 Å². The van der Waals surface area contributed by atoms with Gasteiger partial charge in [0, 0.05) is 12.7 Å². The highest BCUT2D eigenvalue weighted by atomic mass is 32.2. The summed E-state index contributed by atoms with van der Waals surface area (Å²) in [5, 5.41) is 2.40. The molecule has 0 heterocycles. The number of amides is 1. The Bertz CT molecular complexity index is 808. The highest BCUT2D eigenvalue weighted by Gasteiger charge is 2.23. The number of rotatable bonds is 5. The van der Waals surface area contributed by atoms with Crippen molar-refractivity contribution < 1.29 is 22.0 Å². The molecular formula is C15H14F2N2O3S. The molecule has 122 valence electrons. The van der Waals surface area contributed by atoms with Crippen LogP contribution in [0.5, 0.6) is 0 Å². The van der Waals surface area contributed by atoms with Crippen molar-refractivity contribution in [1.82, 2.24) is 4.31 Å². The van der Waals surface area contributed by atoms with Gasteiger partial charge in [0.15, 0.2) is 0 Å². The summed E-state index contributed by atoms with van der Waals surface area (Å²) >= 11 is 0. The van der Waals surface area contributed by atoms with Crippen molar-refractivity contribution in [1.29, 1.82) is 0 Å². The molecule has 2 aromatic carbocycles. The fourth-order valence-electron chi connectivity index (χ4n) is 1.84. The molecule has 0 fully saturated rings. The van der Waals surface area contributed by atoms with Crippen LogP contribution in [-0.4, -0.2) is 32.2 Å². The Morgan fingerprint density at radius 1 is 1.09 bits per heavy atom. The van der Waals surface area contributed by atoms with Crippen LogP contribution in [-0.2, 0) is 14.8 Å². The van der Waals surface area contributed by atoms with Gasteiger partial charge in [-0.15, -0.1) is 0 Å². The lowest BCUT2D eigenvalue weighted by molar-refractivity contribution is -0.116. The summed E-state index contributed by atoms with van der Waals surface area (Å²) in [6, 6.07) is 9.52. The minimum Gasteiger partial charge on any atom is -0.325 e. The van der Waals surface area contributed by atoms with Gasteiger partial charge in [0.1, 0.15) is 11.6 Å². The number of anilines is 1. The van der Waals surface area contributed by atoms with Crippen LogP contribution >= 0.6 is 0 Å². The van der Waals surface area contributed by atoms with Gasteiger partial charge in [0.25, 0.3) is 0 Å². The molecule has 0 aliphatic carbocycles. The largest absolute Gasteiger partial charge is 0.325 e. The number of carbonyl (C=O) groups excluding carboxylic acids is 1. The Morgan fingerprint density at radius 2 is 1.74 bits per heavy atom. The molecule has 0 spiro atoms. The summed E-state index contributed by atoms with van der Waals surface area (Å²) < 4.78 is 51.2. The van der Waals surface area contributed by atoms with Gasteiger partial charge in [-0.1, -0.05) is 6.07 Å². The average molecular weight is 340 g/mol. The van der Waals surface area contributed by atoms with Gasteiger partial charge < -0.3 is 5.32 Å². The number of halogens is 2. The summed E-state index contributed by atoms with van der Waals surface area (Å²) in [6.07, 6.45) is 0. The molecule has 0 saturated carbocycles. The van der Waals surface area contributed by atoms with E-state index >= 15 is 0 Å². The van der Waals surface area contributed by atoms with Crippen LogP contribution in [0.4, 0.5) is 14.5 Å². The Labute approximate surface area is 132 Å². The fourth-order valence-corrected chi connectivity index (χ4v) is 2.97. The summed E-state index contributed by atoms with van der Waals surface area (Å²) in [7, 11) is -2.69. The number of benzene rings is 2. The van der Waals surface area contributed by atoms with Crippen molar-refractivity contribution in [3.8, 4) is 0 Å². The van der Waals surface area contributed by atoms with Crippen molar-refractivity contribution in [2.24, 2.45) is 0 Å². The molecule has 0 aromatic heterocycles. The van der Waals surface area contributed by atoms with Crippen LogP contribution in [0.2, 0.25) is 0 Å². The minimum atomic E-state index is -3.92. The third kappa shape index (κ3) is 4.33. The first-order chi connectivity index (χ1) is 10.8. The van der Waals surface area contributed by atoms with Crippen LogP contribution < -0.4 is 5.32 Å². The summed E-state index contributed by atoms with van der Waals surface area (Å²) in [6.45, 7) is -0.462. The van der Waals surface area contributed by atoms with E-state index < -0.39 is 34.1 Å². The maximum atomic E-state index is 13.0. The molecule has 23 heavy (non-hydrogen) atoms. The van der Waals surface area contributed by atoms with Crippen molar-refractivity contribution in [2.75, 3.05) is 18.9 Å². The van der Waals surface area contributed by atoms with E-state index in [-0.39, 0.29) is 10.6 Å². The zero-order chi connectivity index (χ0) is 17.0. The molecule has 0 atom stereocenters. The predicted octanol–water partition coefficient (Wildman–Crippen LogP) is 2.22. The van der Waals surface area contributed by atoms with E-state index in [1.807, 2.05) is 0 Å². The Kier molecular flexibility index (Phi) is 5.07. The molecule has 0 aliphatic heterocycles. The van der Waals surface area contributed by atoms with Crippen LogP contribution in [0.1, 0.15) is 0 Å². The predicted molar refractivity (Wildman–Crippen MR) is 81.2 cm³/mol. The van der Waals surface area contributed by atoms with Crippen molar-refractivity contribution in [3.63, 3.8) is 0 Å². The number of likely N-dealkylation sites (N-methyl/N-ethyl adjacent to an activating group) is 1. The fraction of sp³-hybridized carbons (Fsp3) is 0.133. The number of hydrogen-bond acceptors (Lipinski definition) is 3. The highest BCUT2D eigenvalue weighted by molar-refractivity contribution is 7.89. The topological polar surface area (TPSA) is 66.5 Å². The minimum absolute atomic E-state index is 0.125. The molecule has 0 bridgehead atoms. The summed E-state index contributed by atoms with van der Waals surface area (Å²) in [4.78, 5) is 11.7. The highest BCUT2D eigenvalue weighted by Crippen LogP contribution is 2.15. The Morgan fingerprint density at radius 3 is 2.35 bits per heavy atom. The Balaban J connectivity index is 2.06. The smallest absolute Gasteiger partial charge is 0.243 e. The van der Waals surface area contributed by atoms with E-state index in [1.165, 1.54) is 25.2 Å². The summed E-state index contributed by atoms with van der Waals surface area (Å²) in [5.74, 6) is -1.70. The number of hydrogen-bond donors (Lipinski definition) is 1. The molecule has 1 amide bonds. The first-order valence-electron chi connectivity index (χ1n) is 6.56. The number of nitrogens with one attached hydrogen (secondary N) is 1. The van der Waals surface area contributed by atoms with E-state index in [2.05, 4.69) is 5.32 Å². The van der Waals surface area contributed by atoms with Crippen LogP contribution in [0.15, 0.2) is 53.4 Å². The Hall–Kier alpha value is -2.32. The second-order valence-electron chi connectivity index (χ2n) is 4.77. The van der Waals surface area contributed by atoms with Gasteiger partial charge in [0.05, 0.1) is 11.4 Å². The molecule has 0 aliphatic rings. The number of nitrogens with zero attached hydrogens (tertiary/aromatic N) is 1. The van der Waals surface area contributed by atoms with Gasteiger partial charge >= 0.3 is 0 Å². The van der Waals surface area contributed by atoms with Crippen molar-refractivity contribution in [3.05, 3.63) is 60.2 Å². The molecule has 1 N–H and O–H groups in total. The monoisotopic (exact) mass is 340 g/mol. The van der Waals surface area contributed by atoms with E-state index in [1.54, 1.807) is 0 Å². The van der Waals surface area contributed by atoms with E-state index in [4.69, 9.17) is 0 Å². The zero-order valence-corrected chi connectivity index (χ0v) is 13.0. The SMILES string of the molecule is CN(CC(=O)Nc1cccc(F)c1)S(=O)(=O)c1ccc(F)cc1. The van der Waals surface area contributed by atoms with Crippen LogP contribution in [0.25, 0.3) is 0 Å². The third-order valence-corrected chi connectivity index (χ3v) is 4.81. The quantitative estimate of drug-likeness (QED) is 0.908. The van der Waals surface area contributed by atoms with Crippen molar-refractivity contribution >= 4 is 21.6 Å². The molecule has 2 aromatic rings. The maximum Gasteiger partial charge on any atom is 0.243 e. The lowest BCUT2D eigenvalue weighted by Crippen LogP contribution is -2.35. The van der Waals surface area contributed by atoms with Gasteiger partial charge in [-0.2, -0.15) is 4.31 Å². The van der Waals surface area contributed by atoms with Crippen LogP contribution in [0, 0.1) is 11.6 Å². The van der Waals surface area contributed by atoms with Gasteiger partial charge in [0.2, 0.25) is 15.9 Å². The third-order valence-electron chi connectivity index (χ3n) is 3.00. The normalized spacial score (nSPS) is 11.5. The van der Waals surface area contributed by atoms with Gasteiger partial charge in [-0.25, -0.2) is 17.2 Å². The lowest BCUT2D eigenvalue weighted by atomic mass is 10.3. The molecule has 0 unspecified atom stereocenters. The molecule has 2 rings (SSSR count). The van der Waals surface area contributed by atoms with Crippen molar-refractivity contribution in [2.45, 2.75) is 4.90 Å². The van der Waals surface area contributed by atoms with E-state index in [0.29, 0.717) is 0 Å². The molecule has 8 heteroatoms. The second kappa shape index (κ2) is 6.84. The van der Waals surface area contributed by atoms with E-state index in [0.717, 1.165) is 34.6 Å². The second-order valence-corrected chi connectivity index (χ2v) is 6.82. The van der Waals surface area contributed by atoms with Gasteiger partial charge in [-0.3, -0.25) is 4.79 Å². The number of sulfonamides is 1. The summed E-state index contributed by atoms with van der Waals surface area (Å²) in [5.41, 5.74) is 0.225. The van der Waals surface area contributed by atoms with Gasteiger partial charge in [-0.05, 0) is 42.5 Å². The first-order valence-corrected chi connectivity index (χ1v) is 8.00. The lowest BCUT2D eigenvalue weighted by Gasteiger charge is -2.17. The first kappa shape index (κ1) is 17.0. The molecular weight excluding hydrogens is 326 g/mol. The molecule has 0 saturated heterocycles. The molecule has 0 radical (unpaired) electrons. The average Bonchev–Trinajstić information content (AvgIpc) is 2.47. The van der Waals surface area contributed by atoms with Crippen LogP contribution in [0.3, 0.4) is 0 Å². The standard InChI is InChI=1S/C15H14F2N2O3S/c1-19(23(21,22)14-7-5-11(16)6-8-14)10-15(20)18-13-4-2-3-12(17)9-13/h2-9H,10H2,1H3,(H,18,20).